The summed E-state index contributed by atoms with van der Waals surface area (Å²) < 4.78 is 15.0. The summed E-state index contributed by atoms with van der Waals surface area (Å²) in [4.78, 5) is 19.0. The predicted octanol–water partition coefficient (Wildman–Crippen LogP) is 3.29. The lowest BCUT2D eigenvalue weighted by molar-refractivity contribution is 0.0980. The largest absolute Gasteiger partial charge is 0.380 e. The lowest BCUT2D eigenvalue weighted by Gasteiger charge is -2.29. The highest BCUT2D eigenvalue weighted by molar-refractivity contribution is 6.08. The number of nitrogens with zero attached hydrogens (tertiary/aromatic N) is 3. The number of benzene rings is 2. The molecule has 168 valence electrons. The van der Waals surface area contributed by atoms with E-state index in [2.05, 4.69) is 35.7 Å². The Kier molecular flexibility index (Phi) is 6.50. The van der Waals surface area contributed by atoms with Crippen LogP contribution in [0.4, 0.5) is 15.8 Å². The van der Waals surface area contributed by atoms with Gasteiger partial charge >= 0.3 is 0 Å². The number of likely N-dealkylation sites (N-methyl/N-ethyl adjacent to an activating group) is 1. The van der Waals surface area contributed by atoms with E-state index >= 15 is 4.39 Å². The van der Waals surface area contributed by atoms with E-state index in [1.807, 2.05) is 19.1 Å². The molecule has 2 aromatic carbocycles. The Morgan fingerprint density at radius 3 is 2.72 bits per heavy atom. The third kappa shape index (κ3) is 4.50. The Bertz CT molecular complexity index is 1070. The van der Waals surface area contributed by atoms with Gasteiger partial charge in [0.2, 0.25) is 0 Å². The predicted molar refractivity (Wildman–Crippen MR) is 126 cm³/mol. The number of anilines is 2. The van der Waals surface area contributed by atoms with Gasteiger partial charge in [0, 0.05) is 42.5 Å². The molecule has 1 fully saturated rings. The molecule has 0 saturated carbocycles. The Labute approximate surface area is 189 Å². The molecular formula is C26H30FN3O2. The SMILES string of the molecule is CCC(O)C#Cc1ccc2c(c1)CCN(c1ccc(N3CC[C@@H](N(C)C)C3)c(F)c1)C2=O. The number of aliphatic hydroxyl groups excluding tert-OH is 1. The molecule has 0 spiro atoms. The number of carbonyl (C=O) groups is 1. The van der Waals surface area contributed by atoms with Crippen LogP contribution in [0.1, 0.15) is 41.3 Å². The molecule has 0 radical (unpaired) electrons. The van der Waals surface area contributed by atoms with Gasteiger partial charge in [-0.05, 0) is 75.3 Å². The van der Waals surface area contributed by atoms with Crippen molar-refractivity contribution < 1.29 is 14.3 Å². The summed E-state index contributed by atoms with van der Waals surface area (Å²) in [5.74, 6) is 5.36. The average molecular weight is 436 g/mol. The number of fused-ring (bicyclic) bond motifs is 1. The van der Waals surface area contributed by atoms with E-state index in [0.717, 1.165) is 30.6 Å². The van der Waals surface area contributed by atoms with Crippen LogP contribution >= 0.6 is 0 Å². The fourth-order valence-corrected chi connectivity index (χ4v) is 4.38. The van der Waals surface area contributed by atoms with Crippen LogP contribution in [-0.2, 0) is 6.42 Å². The van der Waals surface area contributed by atoms with Crippen molar-refractivity contribution in [2.75, 3.05) is 43.5 Å². The van der Waals surface area contributed by atoms with Crippen molar-refractivity contribution in [2.45, 2.75) is 38.3 Å². The normalized spacial score (nSPS) is 19.1. The number of halogens is 1. The summed E-state index contributed by atoms with van der Waals surface area (Å²) in [5, 5.41) is 9.64. The van der Waals surface area contributed by atoms with E-state index in [0.29, 0.717) is 42.4 Å². The standard InChI is InChI=1S/C26H30FN3O2/c1-4-22(31)8-5-18-6-9-23-19(15-18)11-14-30(26(23)32)20-7-10-25(24(27)16-20)29-13-12-21(17-29)28(2)3/h6-7,9-10,15-16,21-22,31H,4,11-14,17H2,1-3H3/t21-,22?/m1/s1. The van der Waals surface area contributed by atoms with E-state index < -0.39 is 6.10 Å². The molecule has 6 heteroatoms. The van der Waals surface area contributed by atoms with Crippen molar-refractivity contribution in [1.29, 1.82) is 0 Å². The first-order chi connectivity index (χ1) is 15.4. The second kappa shape index (κ2) is 9.32. The Hall–Kier alpha value is -2.88. The minimum Gasteiger partial charge on any atom is -0.380 e. The van der Waals surface area contributed by atoms with Crippen molar-refractivity contribution in [2.24, 2.45) is 0 Å². The van der Waals surface area contributed by atoms with Crippen molar-refractivity contribution in [3.8, 4) is 11.8 Å². The maximum atomic E-state index is 15.0. The molecule has 1 N–H and O–H groups in total. The van der Waals surface area contributed by atoms with Gasteiger partial charge in [-0.1, -0.05) is 18.8 Å². The molecule has 2 atom stereocenters. The van der Waals surface area contributed by atoms with Crippen LogP contribution in [0, 0.1) is 17.7 Å². The molecule has 4 rings (SSSR count). The molecule has 1 unspecified atom stereocenters. The van der Waals surface area contributed by atoms with Gasteiger partial charge in [-0.3, -0.25) is 4.79 Å². The van der Waals surface area contributed by atoms with E-state index in [1.165, 1.54) is 6.07 Å². The minimum absolute atomic E-state index is 0.125. The molecule has 2 heterocycles. The van der Waals surface area contributed by atoms with Crippen LogP contribution < -0.4 is 9.80 Å². The third-order valence-corrected chi connectivity index (χ3v) is 6.43. The average Bonchev–Trinajstić information content (AvgIpc) is 3.28. The Morgan fingerprint density at radius 1 is 1.22 bits per heavy atom. The first-order valence-electron chi connectivity index (χ1n) is 11.2. The fraction of sp³-hybridized carbons (Fsp3) is 0.423. The van der Waals surface area contributed by atoms with Crippen LogP contribution in [0.2, 0.25) is 0 Å². The highest BCUT2D eigenvalue weighted by Gasteiger charge is 2.28. The summed E-state index contributed by atoms with van der Waals surface area (Å²) >= 11 is 0. The zero-order chi connectivity index (χ0) is 22.8. The first-order valence-corrected chi connectivity index (χ1v) is 11.2. The molecule has 5 nitrogen and oxygen atoms in total. The summed E-state index contributed by atoms with van der Waals surface area (Å²) in [6, 6.07) is 11.0. The molecule has 2 aliphatic rings. The Morgan fingerprint density at radius 2 is 2.03 bits per heavy atom. The lowest BCUT2D eigenvalue weighted by Crippen LogP contribution is -2.37. The van der Waals surface area contributed by atoms with E-state index in [4.69, 9.17) is 0 Å². The Balaban J connectivity index is 1.52. The molecule has 0 aliphatic carbocycles. The number of hydrogen-bond acceptors (Lipinski definition) is 4. The van der Waals surface area contributed by atoms with Gasteiger partial charge in [0.1, 0.15) is 11.9 Å². The molecule has 2 aromatic rings. The first kappa shape index (κ1) is 22.3. The van der Waals surface area contributed by atoms with Crippen molar-refractivity contribution in [1.82, 2.24) is 4.90 Å². The molecular weight excluding hydrogens is 405 g/mol. The fourth-order valence-electron chi connectivity index (χ4n) is 4.38. The smallest absolute Gasteiger partial charge is 0.258 e. The third-order valence-electron chi connectivity index (χ3n) is 6.43. The maximum absolute atomic E-state index is 15.0. The molecule has 1 saturated heterocycles. The summed E-state index contributed by atoms with van der Waals surface area (Å²) in [6.07, 6.45) is 1.62. The van der Waals surface area contributed by atoms with Crippen LogP contribution in [0.25, 0.3) is 0 Å². The van der Waals surface area contributed by atoms with Gasteiger partial charge in [0.15, 0.2) is 0 Å². The van der Waals surface area contributed by atoms with Crippen molar-refractivity contribution in [3.63, 3.8) is 0 Å². The summed E-state index contributed by atoms with van der Waals surface area (Å²) in [6.45, 7) is 4.00. The maximum Gasteiger partial charge on any atom is 0.258 e. The second-order valence-electron chi connectivity index (χ2n) is 8.76. The summed E-state index contributed by atoms with van der Waals surface area (Å²) in [5.41, 5.74) is 3.53. The van der Waals surface area contributed by atoms with Crippen LogP contribution in [0.3, 0.4) is 0 Å². The molecule has 0 aromatic heterocycles. The van der Waals surface area contributed by atoms with Crippen molar-refractivity contribution in [3.05, 3.63) is 58.9 Å². The van der Waals surface area contributed by atoms with E-state index in [-0.39, 0.29) is 11.7 Å². The summed E-state index contributed by atoms with van der Waals surface area (Å²) in [7, 11) is 4.11. The lowest BCUT2D eigenvalue weighted by atomic mass is 9.96. The second-order valence-corrected chi connectivity index (χ2v) is 8.76. The number of amides is 1. The van der Waals surface area contributed by atoms with Crippen LogP contribution in [0.5, 0.6) is 0 Å². The topological polar surface area (TPSA) is 47.0 Å². The number of carbonyl (C=O) groups excluding carboxylic acids is 1. The van der Waals surface area contributed by atoms with E-state index in [1.54, 1.807) is 23.1 Å². The zero-order valence-electron chi connectivity index (χ0n) is 18.9. The number of rotatable bonds is 4. The van der Waals surface area contributed by atoms with E-state index in [9.17, 15) is 9.90 Å². The highest BCUT2D eigenvalue weighted by atomic mass is 19.1. The van der Waals surface area contributed by atoms with Gasteiger partial charge in [-0.25, -0.2) is 4.39 Å². The molecule has 0 bridgehead atoms. The number of aliphatic hydroxyl groups is 1. The van der Waals surface area contributed by atoms with Gasteiger partial charge in [-0.15, -0.1) is 0 Å². The molecule has 2 aliphatic heterocycles. The van der Waals surface area contributed by atoms with Crippen molar-refractivity contribution >= 4 is 17.3 Å². The highest BCUT2D eigenvalue weighted by Crippen LogP contribution is 2.31. The molecule has 1 amide bonds. The van der Waals surface area contributed by atoms with Crippen LogP contribution in [-0.4, -0.2) is 61.8 Å². The monoisotopic (exact) mass is 435 g/mol. The number of hydrogen-bond donors (Lipinski definition) is 1. The minimum atomic E-state index is -0.643. The van der Waals surface area contributed by atoms with Gasteiger partial charge < -0.3 is 19.8 Å². The van der Waals surface area contributed by atoms with Gasteiger partial charge in [-0.2, -0.15) is 0 Å². The quantitative estimate of drug-likeness (QED) is 0.749. The van der Waals surface area contributed by atoms with Crippen LogP contribution in [0.15, 0.2) is 36.4 Å². The zero-order valence-corrected chi connectivity index (χ0v) is 18.9. The molecule has 32 heavy (non-hydrogen) atoms. The van der Waals surface area contributed by atoms with Gasteiger partial charge in [0.25, 0.3) is 5.91 Å². The van der Waals surface area contributed by atoms with Gasteiger partial charge in [0.05, 0.1) is 5.69 Å².